The zero-order chi connectivity index (χ0) is 16.6. The number of rotatable bonds is 4. The van der Waals surface area contributed by atoms with Crippen LogP contribution >= 0.6 is 11.6 Å². The van der Waals surface area contributed by atoms with E-state index in [1.165, 1.54) is 6.20 Å². The molecule has 0 aliphatic carbocycles. The van der Waals surface area contributed by atoms with Gasteiger partial charge < -0.3 is 4.98 Å². The first-order chi connectivity index (χ1) is 11.0. The highest BCUT2D eigenvalue weighted by molar-refractivity contribution is 6.30. The minimum Gasteiger partial charge on any atom is -0.309 e. The molecule has 0 fully saturated rings. The number of H-pyrrole nitrogens is 1. The van der Waals surface area contributed by atoms with Crippen LogP contribution < -0.4 is 5.56 Å². The van der Waals surface area contributed by atoms with Gasteiger partial charge in [-0.05, 0) is 31.7 Å². The van der Waals surface area contributed by atoms with Gasteiger partial charge in [0.05, 0.1) is 12.7 Å². The van der Waals surface area contributed by atoms with Gasteiger partial charge in [-0.2, -0.15) is 5.10 Å². The summed E-state index contributed by atoms with van der Waals surface area (Å²) < 4.78 is 1.61. The Hall–Kier alpha value is -2.18. The first kappa shape index (κ1) is 15.7. The molecule has 0 amide bonds. The molecule has 0 saturated carbocycles. The molecule has 23 heavy (non-hydrogen) atoms. The lowest BCUT2D eigenvalue weighted by Gasteiger charge is -2.24. The van der Waals surface area contributed by atoms with Crippen molar-refractivity contribution >= 4 is 22.6 Å². The van der Waals surface area contributed by atoms with Gasteiger partial charge in [0.15, 0.2) is 5.65 Å². The average Bonchev–Trinajstić information content (AvgIpc) is 2.89. The molecule has 3 aromatic rings. The minimum absolute atomic E-state index is 0.161. The van der Waals surface area contributed by atoms with Gasteiger partial charge in [-0.1, -0.05) is 23.7 Å². The monoisotopic (exact) mass is 331 g/mol. The number of aryl methyl sites for hydroxylation is 1. The summed E-state index contributed by atoms with van der Waals surface area (Å²) in [5.74, 6) is 0.620. The molecule has 1 unspecified atom stereocenters. The van der Waals surface area contributed by atoms with Crippen molar-refractivity contribution in [3.05, 3.63) is 57.2 Å². The SMILES string of the molecule is CC(c1ccc(Cl)cc1)N(C)Cc1nc2c(cnn2C)c(=O)[nH]1. The second kappa shape index (κ2) is 6.14. The Bertz CT molecular complexity index is 884. The summed E-state index contributed by atoms with van der Waals surface area (Å²) in [7, 11) is 3.77. The highest BCUT2D eigenvalue weighted by Crippen LogP contribution is 2.21. The second-order valence-electron chi connectivity index (χ2n) is 5.66. The zero-order valence-electron chi connectivity index (χ0n) is 13.2. The number of hydrogen-bond acceptors (Lipinski definition) is 4. The van der Waals surface area contributed by atoms with Gasteiger partial charge in [-0.25, -0.2) is 4.98 Å². The molecule has 0 aliphatic rings. The van der Waals surface area contributed by atoms with Gasteiger partial charge in [-0.15, -0.1) is 0 Å². The summed E-state index contributed by atoms with van der Waals surface area (Å²) in [4.78, 5) is 21.5. The Kier molecular flexibility index (Phi) is 4.19. The predicted octanol–water partition coefficient (Wildman–Crippen LogP) is 2.50. The third-order valence-corrected chi connectivity index (χ3v) is 4.32. The molecule has 2 heterocycles. The van der Waals surface area contributed by atoms with Gasteiger partial charge in [0.2, 0.25) is 0 Å². The number of hydrogen-bond donors (Lipinski definition) is 1. The van der Waals surface area contributed by atoms with Crippen LogP contribution in [-0.2, 0) is 13.6 Å². The molecule has 0 saturated heterocycles. The Morgan fingerprint density at radius 1 is 1.35 bits per heavy atom. The van der Waals surface area contributed by atoms with Crippen LogP contribution in [0.5, 0.6) is 0 Å². The average molecular weight is 332 g/mol. The van der Waals surface area contributed by atoms with E-state index in [0.29, 0.717) is 23.4 Å². The number of benzene rings is 1. The fourth-order valence-corrected chi connectivity index (χ4v) is 2.65. The van der Waals surface area contributed by atoms with Crippen LogP contribution in [0.25, 0.3) is 11.0 Å². The van der Waals surface area contributed by atoms with Crippen molar-refractivity contribution < 1.29 is 0 Å². The highest BCUT2D eigenvalue weighted by Gasteiger charge is 2.15. The van der Waals surface area contributed by atoms with Gasteiger partial charge in [0.25, 0.3) is 5.56 Å². The van der Waals surface area contributed by atoms with Crippen molar-refractivity contribution in [3.8, 4) is 0 Å². The standard InChI is InChI=1S/C16H18ClN5O/c1-10(11-4-6-12(17)7-5-11)21(2)9-14-19-15-13(16(23)20-14)8-18-22(15)3/h4-8,10H,9H2,1-3H3,(H,19,20,23). The fourth-order valence-electron chi connectivity index (χ4n) is 2.52. The minimum atomic E-state index is -0.161. The molecule has 120 valence electrons. The molecule has 0 bridgehead atoms. The second-order valence-corrected chi connectivity index (χ2v) is 6.10. The fraction of sp³-hybridized carbons (Fsp3) is 0.312. The molecule has 0 aliphatic heterocycles. The number of nitrogens with one attached hydrogen (secondary N) is 1. The number of nitrogens with zero attached hydrogens (tertiary/aromatic N) is 4. The van der Waals surface area contributed by atoms with Crippen molar-refractivity contribution in [1.82, 2.24) is 24.6 Å². The van der Waals surface area contributed by atoms with Crippen LogP contribution in [0.1, 0.15) is 24.4 Å². The predicted molar refractivity (Wildman–Crippen MR) is 90.5 cm³/mol. The number of fused-ring (bicyclic) bond motifs is 1. The molecule has 7 heteroatoms. The summed E-state index contributed by atoms with van der Waals surface area (Å²) in [6.45, 7) is 2.63. The summed E-state index contributed by atoms with van der Waals surface area (Å²) >= 11 is 5.93. The van der Waals surface area contributed by atoms with Crippen LogP contribution in [0.2, 0.25) is 5.02 Å². The molecule has 0 spiro atoms. The third kappa shape index (κ3) is 3.13. The van der Waals surface area contributed by atoms with E-state index in [1.807, 2.05) is 31.3 Å². The Morgan fingerprint density at radius 2 is 2.04 bits per heavy atom. The maximum Gasteiger partial charge on any atom is 0.262 e. The lowest BCUT2D eigenvalue weighted by Crippen LogP contribution is -2.25. The Balaban J connectivity index is 1.84. The molecular formula is C16H18ClN5O. The van der Waals surface area contributed by atoms with E-state index >= 15 is 0 Å². The molecule has 1 N–H and O–H groups in total. The lowest BCUT2D eigenvalue weighted by molar-refractivity contribution is 0.247. The van der Waals surface area contributed by atoms with Crippen LogP contribution in [0.4, 0.5) is 0 Å². The van der Waals surface area contributed by atoms with Crippen molar-refractivity contribution in [1.29, 1.82) is 0 Å². The first-order valence-electron chi connectivity index (χ1n) is 7.32. The van der Waals surface area contributed by atoms with E-state index in [0.717, 1.165) is 10.6 Å². The largest absolute Gasteiger partial charge is 0.309 e. The van der Waals surface area contributed by atoms with Crippen LogP contribution in [0, 0.1) is 0 Å². The van der Waals surface area contributed by atoms with Crippen molar-refractivity contribution in [3.63, 3.8) is 0 Å². The molecule has 1 atom stereocenters. The topological polar surface area (TPSA) is 66.8 Å². The van der Waals surface area contributed by atoms with E-state index in [-0.39, 0.29) is 11.6 Å². The van der Waals surface area contributed by atoms with Gasteiger partial charge in [-0.3, -0.25) is 14.4 Å². The number of aromatic amines is 1. The van der Waals surface area contributed by atoms with Crippen molar-refractivity contribution in [2.24, 2.45) is 7.05 Å². The molecular weight excluding hydrogens is 314 g/mol. The van der Waals surface area contributed by atoms with Crippen LogP contribution in [-0.4, -0.2) is 31.7 Å². The van der Waals surface area contributed by atoms with E-state index in [1.54, 1.807) is 11.7 Å². The van der Waals surface area contributed by atoms with Gasteiger partial charge in [0, 0.05) is 18.1 Å². The van der Waals surface area contributed by atoms with E-state index < -0.39 is 0 Å². The lowest BCUT2D eigenvalue weighted by atomic mass is 10.1. The van der Waals surface area contributed by atoms with Crippen molar-refractivity contribution in [2.45, 2.75) is 19.5 Å². The van der Waals surface area contributed by atoms with E-state index in [9.17, 15) is 4.79 Å². The van der Waals surface area contributed by atoms with Crippen LogP contribution in [0.15, 0.2) is 35.3 Å². The maximum absolute atomic E-state index is 12.1. The molecule has 0 radical (unpaired) electrons. The summed E-state index contributed by atoms with van der Waals surface area (Å²) in [6, 6.07) is 7.93. The Morgan fingerprint density at radius 3 is 2.74 bits per heavy atom. The normalized spacial score (nSPS) is 12.9. The highest BCUT2D eigenvalue weighted by atomic mass is 35.5. The third-order valence-electron chi connectivity index (χ3n) is 4.06. The maximum atomic E-state index is 12.1. The van der Waals surface area contributed by atoms with Crippen molar-refractivity contribution in [2.75, 3.05) is 7.05 Å². The van der Waals surface area contributed by atoms with E-state index in [2.05, 4.69) is 26.9 Å². The summed E-state index contributed by atoms with van der Waals surface area (Å²) in [5.41, 5.74) is 1.59. The molecule has 6 nitrogen and oxygen atoms in total. The van der Waals surface area contributed by atoms with Gasteiger partial charge in [0.1, 0.15) is 11.2 Å². The Labute approximate surface area is 138 Å². The molecule has 2 aromatic heterocycles. The zero-order valence-corrected chi connectivity index (χ0v) is 14.0. The number of halogens is 1. The smallest absolute Gasteiger partial charge is 0.262 e. The van der Waals surface area contributed by atoms with Crippen LogP contribution in [0.3, 0.4) is 0 Å². The number of aromatic nitrogens is 4. The molecule has 1 aromatic carbocycles. The van der Waals surface area contributed by atoms with E-state index in [4.69, 9.17) is 11.6 Å². The quantitative estimate of drug-likeness (QED) is 0.797. The summed E-state index contributed by atoms with van der Waals surface area (Å²) in [6.07, 6.45) is 1.53. The molecule has 3 rings (SSSR count). The van der Waals surface area contributed by atoms with Gasteiger partial charge >= 0.3 is 0 Å². The first-order valence-corrected chi connectivity index (χ1v) is 7.70. The summed E-state index contributed by atoms with van der Waals surface area (Å²) in [5, 5.41) is 5.30.